The lowest BCUT2D eigenvalue weighted by Gasteiger charge is -2.62. The van der Waals surface area contributed by atoms with Gasteiger partial charge in [0.15, 0.2) is 5.78 Å². The molecule has 46 heavy (non-hydrogen) atoms. The second-order valence-electron chi connectivity index (χ2n) is 15.4. The molecular weight excluding hydrogens is 564 g/mol. The van der Waals surface area contributed by atoms with E-state index in [4.69, 9.17) is 4.74 Å². The highest BCUT2D eigenvalue weighted by Crippen LogP contribution is 2.68. The molecule has 4 saturated carbocycles. The van der Waals surface area contributed by atoms with Gasteiger partial charge < -0.3 is 4.74 Å². The van der Waals surface area contributed by atoms with Crippen LogP contribution in [0.3, 0.4) is 0 Å². The molecule has 0 amide bonds. The maximum absolute atomic E-state index is 13.4. The summed E-state index contributed by atoms with van der Waals surface area (Å²) in [5, 5.41) is 2.83. The molecule has 0 spiro atoms. The molecule has 0 saturated heterocycles. The van der Waals surface area contributed by atoms with E-state index in [1.54, 1.807) is 29.8 Å². The summed E-state index contributed by atoms with van der Waals surface area (Å²) in [5.41, 5.74) is 3.76. The molecule has 0 aliphatic heterocycles. The first-order valence-electron chi connectivity index (χ1n) is 17.8. The Morgan fingerprint density at radius 1 is 0.609 bits per heavy atom. The normalized spacial score (nSPS) is 33.4. The molecule has 8 rings (SSSR count). The Hall–Kier alpha value is -3.72. The monoisotopic (exact) mass is 610 g/mol. The van der Waals surface area contributed by atoms with Gasteiger partial charge in [-0.15, -0.1) is 0 Å². The van der Waals surface area contributed by atoms with Crippen molar-refractivity contribution < 1.29 is 14.3 Å². The average Bonchev–Trinajstić information content (AvgIpc) is 3.43. The predicted octanol–water partition coefficient (Wildman–Crippen LogP) is 10.4. The number of rotatable bonds is 5. The highest BCUT2D eigenvalue weighted by molar-refractivity contribution is 6.09. The summed E-state index contributed by atoms with van der Waals surface area (Å²) in [5.74, 6) is 3.19. The molecule has 4 aromatic carbocycles. The first-order valence-corrected chi connectivity index (χ1v) is 17.8. The second-order valence-corrected chi connectivity index (χ2v) is 15.4. The van der Waals surface area contributed by atoms with Gasteiger partial charge in [-0.3, -0.25) is 4.79 Å². The Morgan fingerprint density at radius 2 is 1.28 bits per heavy atom. The number of ketones is 1. The van der Waals surface area contributed by atoms with Crippen molar-refractivity contribution in [3.05, 3.63) is 119 Å². The van der Waals surface area contributed by atoms with Crippen LogP contribution in [0.4, 0.5) is 0 Å². The molecule has 8 atom stereocenters. The molecule has 4 aromatic rings. The fourth-order valence-corrected chi connectivity index (χ4v) is 11.2. The SMILES string of the molecule is C[C@]12CC[C@H]3[C@@H](CCC4C(c5cccc6ccccc56)CCC[C@@]43C)[C@@H]1CC[C@@H]2OC(=O)c1ccc(C(=O)c2ccccc2)cc1. The van der Waals surface area contributed by atoms with Crippen LogP contribution < -0.4 is 0 Å². The van der Waals surface area contributed by atoms with Gasteiger partial charge in [0.05, 0.1) is 5.56 Å². The topological polar surface area (TPSA) is 43.4 Å². The Kier molecular flexibility index (Phi) is 7.42. The minimum absolute atomic E-state index is 0.0340. The number of carbonyl (C=O) groups is 2. The maximum Gasteiger partial charge on any atom is 0.338 e. The van der Waals surface area contributed by atoms with Gasteiger partial charge in [-0.2, -0.15) is 0 Å². The fraction of sp³-hybridized carbons (Fsp3) is 0.442. The zero-order chi connectivity index (χ0) is 31.5. The fourth-order valence-electron chi connectivity index (χ4n) is 11.2. The smallest absolute Gasteiger partial charge is 0.338 e. The summed E-state index contributed by atoms with van der Waals surface area (Å²) in [6, 6.07) is 32.2. The Morgan fingerprint density at radius 3 is 2.11 bits per heavy atom. The van der Waals surface area contributed by atoms with Gasteiger partial charge in [-0.1, -0.05) is 105 Å². The van der Waals surface area contributed by atoms with E-state index in [-0.39, 0.29) is 23.3 Å². The van der Waals surface area contributed by atoms with Crippen LogP contribution in [0.1, 0.15) is 109 Å². The van der Waals surface area contributed by atoms with Crippen LogP contribution in [0.15, 0.2) is 97.1 Å². The van der Waals surface area contributed by atoms with Crippen molar-refractivity contribution in [2.75, 3.05) is 0 Å². The van der Waals surface area contributed by atoms with Gasteiger partial charge in [-0.05, 0) is 115 Å². The van der Waals surface area contributed by atoms with Gasteiger partial charge in [0.25, 0.3) is 0 Å². The van der Waals surface area contributed by atoms with E-state index in [9.17, 15) is 9.59 Å². The second kappa shape index (κ2) is 11.5. The van der Waals surface area contributed by atoms with Gasteiger partial charge in [0.2, 0.25) is 0 Å². The molecule has 4 aliphatic carbocycles. The minimum atomic E-state index is -0.256. The van der Waals surface area contributed by atoms with Crippen molar-refractivity contribution in [3.63, 3.8) is 0 Å². The molecule has 0 radical (unpaired) electrons. The lowest BCUT2D eigenvalue weighted by molar-refractivity contribution is -0.127. The Balaban J connectivity index is 0.980. The van der Waals surface area contributed by atoms with E-state index in [2.05, 4.69) is 56.3 Å². The van der Waals surface area contributed by atoms with E-state index in [1.165, 1.54) is 49.3 Å². The van der Waals surface area contributed by atoms with E-state index in [1.807, 2.05) is 30.3 Å². The molecule has 4 aliphatic rings. The van der Waals surface area contributed by atoms with Gasteiger partial charge >= 0.3 is 5.97 Å². The molecule has 3 heteroatoms. The number of hydrogen-bond donors (Lipinski definition) is 0. The van der Waals surface area contributed by atoms with Crippen LogP contribution in [0.2, 0.25) is 0 Å². The minimum Gasteiger partial charge on any atom is -0.458 e. The van der Waals surface area contributed by atoms with E-state index >= 15 is 0 Å². The number of esters is 1. The van der Waals surface area contributed by atoms with Gasteiger partial charge in [0.1, 0.15) is 6.10 Å². The summed E-state index contributed by atoms with van der Waals surface area (Å²) in [7, 11) is 0. The number of hydrogen-bond acceptors (Lipinski definition) is 3. The van der Waals surface area contributed by atoms with Crippen molar-refractivity contribution >= 4 is 22.5 Å². The van der Waals surface area contributed by atoms with Crippen molar-refractivity contribution in [3.8, 4) is 0 Å². The lowest BCUT2D eigenvalue weighted by atomic mass is 9.43. The van der Waals surface area contributed by atoms with E-state index in [0.717, 1.165) is 37.0 Å². The molecule has 3 nitrogen and oxygen atoms in total. The van der Waals surface area contributed by atoms with E-state index in [0.29, 0.717) is 33.9 Å². The number of ether oxygens (including phenoxy) is 1. The molecule has 0 N–H and O–H groups in total. The summed E-state index contributed by atoms with van der Waals surface area (Å²) < 4.78 is 6.36. The van der Waals surface area contributed by atoms with Crippen LogP contribution in [0.25, 0.3) is 10.8 Å². The zero-order valence-electron chi connectivity index (χ0n) is 27.3. The van der Waals surface area contributed by atoms with Crippen LogP contribution in [-0.4, -0.2) is 17.9 Å². The highest BCUT2D eigenvalue weighted by Gasteiger charge is 2.61. The molecule has 0 bridgehead atoms. The van der Waals surface area contributed by atoms with Crippen molar-refractivity contribution in [2.45, 2.75) is 83.7 Å². The van der Waals surface area contributed by atoms with Crippen molar-refractivity contribution in [1.29, 1.82) is 0 Å². The van der Waals surface area contributed by atoms with Gasteiger partial charge in [0, 0.05) is 16.5 Å². The van der Waals surface area contributed by atoms with Crippen molar-refractivity contribution in [2.24, 2.45) is 34.5 Å². The Labute approximate surface area is 273 Å². The van der Waals surface area contributed by atoms with Crippen LogP contribution in [0, 0.1) is 34.5 Å². The van der Waals surface area contributed by atoms with Gasteiger partial charge in [-0.25, -0.2) is 4.79 Å². The quantitative estimate of drug-likeness (QED) is 0.167. The largest absolute Gasteiger partial charge is 0.458 e. The summed E-state index contributed by atoms with van der Waals surface area (Å²) in [4.78, 5) is 26.3. The summed E-state index contributed by atoms with van der Waals surface area (Å²) in [6.45, 7) is 5.09. The molecule has 0 heterocycles. The number of carbonyl (C=O) groups excluding carboxylic acids is 2. The molecule has 4 fully saturated rings. The number of benzene rings is 4. The molecule has 0 aromatic heterocycles. The third kappa shape index (κ3) is 4.76. The lowest BCUT2D eigenvalue weighted by Crippen LogP contribution is -2.54. The highest BCUT2D eigenvalue weighted by atomic mass is 16.5. The summed E-state index contributed by atoms with van der Waals surface area (Å²) >= 11 is 0. The molecule has 2 unspecified atom stereocenters. The van der Waals surface area contributed by atoms with Crippen LogP contribution in [0.5, 0.6) is 0 Å². The first-order chi connectivity index (χ1) is 22.4. The van der Waals surface area contributed by atoms with Crippen LogP contribution >= 0.6 is 0 Å². The average molecular weight is 611 g/mol. The standard InChI is InChI=1S/C43H46O3/c1-42-26-9-16-34(33-15-8-13-28-10-6-7-14-32(28)33)36(42)22-21-35-37-23-24-39(43(37,2)27-25-38(35)42)46-41(45)31-19-17-30(18-20-31)40(44)29-11-4-3-5-12-29/h3-8,10-15,17-20,34-39H,9,16,21-27H2,1-2H3/t34?,35-,36?,37-,38-,39-,42-,43-/m0/s1. The Bertz CT molecular complexity index is 1750. The molecule has 236 valence electrons. The predicted molar refractivity (Wildman–Crippen MR) is 184 cm³/mol. The third-order valence-electron chi connectivity index (χ3n) is 13.5. The molecular formula is C43H46O3. The van der Waals surface area contributed by atoms with Crippen molar-refractivity contribution in [1.82, 2.24) is 0 Å². The zero-order valence-corrected chi connectivity index (χ0v) is 27.3. The third-order valence-corrected chi connectivity index (χ3v) is 13.5. The first kappa shape index (κ1) is 29.7. The van der Waals surface area contributed by atoms with Crippen LogP contribution in [-0.2, 0) is 4.74 Å². The maximum atomic E-state index is 13.4. The summed E-state index contributed by atoms with van der Waals surface area (Å²) in [6.07, 6.45) is 11.1. The number of fused-ring (bicyclic) bond motifs is 6. The van der Waals surface area contributed by atoms with E-state index < -0.39 is 0 Å².